The number of aromatic nitrogens is 1. The molecule has 0 unspecified atom stereocenters. The molecule has 0 aliphatic carbocycles. The molecular formula is C12H21ClN4O2. The van der Waals surface area contributed by atoms with E-state index < -0.39 is 0 Å². The minimum Gasteiger partial charge on any atom is -0.351 e. The van der Waals surface area contributed by atoms with Crippen LogP contribution in [-0.4, -0.2) is 55.2 Å². The monoisotopic (exact) mass is 288 g/mol. The maximum Gasteiger partial charge on any atom is 0.289 e. The number of nitrogens with one attached hydrogen (secondary N) is 2. The average Bonchev–Trinajstić information content (AvgIpc) is 2.82. The topological polar surface area (TPSA) is 70.4 Å². The van der Waals surface area contributed by atoms with Gasteiger partial charge in [-0.3, -0.25) is 4.79 Å². The van der Waals surface area contributed by atoms with Gasteiger partial charge in [0.1, 0.15) is 0 Å². The predicted molar refractivity (Wildman–Crippen MR) is 74.7 cm³/mol. The maximum absolute atomic E-state index is 11.6. The molecule has 0 radical (unpaired) electrons. The van der Waals surface area contributed by atoms with Crippen LogP contribution in [-0.2, 0) is 0 Å². The van der Waals surface area contributed by atoms with E-state index in [1.807, 2.05) is 0 Å². The van der Waals surface area contributed by atoms with E-state index in [1.165, 1.54) is 0 Å². The fourth-order valence-electron chi connectivity index (χ4n) is 2.00. The Balaban J connectivity index is 0.00000180. The van der Waals surface area contributed by atoms with Crippen LogP contribution in [0.5, 0.6) is 0 Å². The third-order valence-electron chi connectivity index (χ3n) is 3.00. The van der Waals surface area contributed by atoms with Gasteiger partial charge in [-0.15, -0.1) is 12.4 Å². The second kappa shape index (κ2) is 8.14. The SMILES string of the molecule is Cc1cc(C(=O)NCCCN2CCNCC2)on1.Cl. The van der Waals surface area contributed by atoms with Crippen LogP contribution >= 0.6 is 12.4 Å². The minimum absolute atomic E-state index is 0. The molecule has 1 aliphatic heterocycles. The number of piperazine rings is 1. The number of rotatable bonds is 5. The van der Waals surface area contributed by atoms with Crippen LogP contribution in [0, 0.1) is 6.92 Å². The van der Waals surface area contributed by atoms with Gasteiger partial charge in [-0.1, -0.05) is 5.16 Å². The van der Waals surface area contributed by atoms with E-state index in [1.54, 1.807) is 13.0 Å². The largest absolute Gasteiger partial charge is 0.351 e. The van der Waals surface area contributed by atoms with E-state index >= 15 is 0 Å². The van der Waals surface area contributed by atoms with Crippen molar-refractivity contribution in [3.8, 4) is 0 Å². The van der Waals surface area contributed by atoms with Gasteiger partial charge in [0.25, 0.3) is 5.91 Å². The fourth-order valence-corrected chi connectivity index (χ4v) is 2.00. The van der Waals surface area contributed by atoms with Gasteiger partial charge in [0.05, 0.1) is 5.69 Å². The lowest BCUT2D eigenvalue weighted by atomic mass is 10.3. The van der Waals surface area contributed by atoms with Crippen LogP contribution < -0.4 is 10.6 Å². The summed E-state index contributed by atoms with van der Waals surface area (Å²) in [6, 6.07) is 1.64. The van der Waals surface area contributed by atoms with Crippen molar-refractivity contribution in [2.45, 2.75) is 13.3 Å². The summed E-state index contributed by atoms with van der Waals surface area (Å²) in [5, 5.41) is 9.84. The molecule has 0 saturated carbocycles. The van der Waals surface area contributed by atoms with Gasteiger partial charge in [-0.05, 0) is 19.9 Å². The lowest BCUT2D eigenvalue weighted by Crippen LogP contribution is -2.44. The Morgan fingerprint density at radius 1 is 1.53 bits per heavy atom. The van der Waals surface area contributed by atoms with Crippen LogP contribution in [0.1, 0.15) is 22.7 Å². The molecule has 2 rings (SSSR count). The molecule has 2 heterocycles. The minimum atomic E-state index is -0.184. The first-order valence-corrected chi connectivity index (χ1v) is 6.40. The summed E-state index contributed by atoms with van der Waals surface area (Å²) in [4.78, 5) is 14.0. The first-order chi connectivity index (χ1) is 8.75. The van der Waals surface area contributed by atoms with Crippen molar-refractivity contribution in [2.75, 3.05) is 39.3 Å². The molecule has 2 N–H and O–H groups in total. The van der Waals surface area contributed by atoms with Gasteiger partial charge in [0, 0.05) is 38.8 Å². The van der Waals surface area contributed by atoms with Gasteiger partial charge in [-0.2, -0.15) is 0 Å². The third-order valence-corrected chi connectivity index (χ3v) is 3.00. The zero-order valence-electron chi connectivity index (χ0n) is 11.1. The first kappa shape index (κ1) is 15.9. The van der Waals surface area contributed by atoms with Crippen molar-refractivity contribution in [1.82, 2.24) is 20.7 Å². The molecule has 1 saturated heterocycles. The van der Waals surface area contributed by atoms with Crippen LogP contribution in [0.2, 0.25) is 0 Å². The van der Waals surface area contributed by atoms with Gasteiger partial charge in [0.2, 0.25) is 5.76 Å². The number of hydrogen-bond donors (Lipinski definition) is 2. The molecule has 1 aliphatic rings. The van der Waals surface area contributed by atoms with Crippen molar-refractivity contribution in [1.29, 1.82) is 0 Å². The summed E-state index contributed by atoms with van der Waals surface area (Å²) in [6.45, 7) is 7.79. The normalized spacial score (nSPS) is 15.8. The standard InChI is InChI=1S/C12H20N4O2.ClH/c1-10-9-11(18-15-10)12(17)14-3-2-6-16-7-4-13-5-8-16;/h9,13H,2-8H2,1H3,(H,14,17);1H. The van der Waals surface area contributed by atoms with Gasteiger partial charge in [-0.25, -0.2) is 0 Å². The van der Waals surface area contributed by atoms with Crippen molar-refractivity contribution >= 4 is 18.3 Å². The highest BCUT2D eigenvalue weighted by Crippen LogP contribution is 2.01. The van der Waals surface area contributed by atoms with E-state index in [0.717, 1.165) is 44.8 Å². The molecule has 6 nitrogen and oxygen atoms in total. The van der Waals surface area contributed by atoms with Crippen LogP contribution in [0.15, 0.2) is 10.6 Å². The lowest BCUT2D eigenvalue weighted by Gasteiger charge is -2.26. The van der Waals surface area contributed by atoms with Gasteiger partial charge >= 0.3 is 0 Å². The molecule has 1 amide bonds. The molecule has 1 fully saturated rings. The Morgan fingerprint density at radius 3 is 2.89 bits per heavy atom. The molecule has 1 aromatic heterocycles. The van der Waals surface area contributed by atoms with Crippen molar-refractivity contribution < 1.29 is 9.32 Å². The Hall–Kier alpha value is -1.11. The number of carbonyl (C=O) groups excluding carboxylic acids is 1. The number of amides is 1. The highest BCUT2D eigenvalue weighted by Gasteiger charge is 2.11. The average molecular weight is 289 g/mol. The predicted octanol–water partition coefficient (Wildman–Crippen LogP) is 0.430. The molecule has 0 atom stereocenters. The van der Waals surface area contributed by atoms with Crippen LogP contribution in [0.4, 0.5) is 0 Å². The Labute approximate surface area is 119 Å². The van der Waals surface area contributed by atoms with E-state index in [2.05, 4.69) is 20.7 Å². The zero-order valence-corrected chi connectivity index (χ0v) is 12.0. The first-order valence-electron chi connectivity index (χ1n) is 6.40. The fraction of sp³-hybridized carbons (Fsp3) is 0.667. The van der Waals surface area contributed by atoms with E-state index in [-0.39, 0.29) is 24.1 Å². The maximum atomic E-state index is 11.6. The second-order valence-corrected chi connectivity index (χ2v) is 4.53. The lowest BCUT2D eigenvalue weighted by molar-refractivity contribution is 0.0914. The summed E-state index contributed by atoms with van der Waals surface area (Å²) in [5.74, 6) is 0.102. The highest BCUT2D eigenvalue weighted by atomic mass is 35.5. The molecule has 7 heteroatoms. The van der Waals surface area contributed by atoms with E-state index in [9.17, 15) is 4.79 Å². The summed E-state index contributed by atoms with van der Waals surface area (Å²) >= 11 is 0. The summed E-state index contributed by atoms with van der Waals surface area (Å²) in [7, 11) is 0. The molecule has 19 heavy (non-hydrogen) atoms. The summed E-state index contributed by atoms with van der Waals surface area (Å²) in [5.41, 5.74) is 0.723. The molecule has 0 bridgehead atoms. The second-order valence-electron chi connectivity index (χ2n) is 4.53. The van der Waals surface area contributed by atoms with Gasteiger partial charge < -0.3 is 20.1 Å². The smallest absolute Gasteiger partial charge is 0.289 e. The Bertz CT molecular complexity index is 391. The molecule has 0 aromatic carbocycles. The molecule has 1 aromatic rings. The zero-order chi connectivity index (χ0) is 12.8. The molecule has 108 valence electrons. The van der Waals surface area contributed by atoms with Crippen molar-refractivity contribution in [3.63, 3.8) is 0 Å². The van der Waals surface area contributed by atoms with Crippen LogP contribution in [0.3, 0.4) is 0 Å². The number of aryl methyl sites for hydroxylation is 1. The number of carbonyl (C=O) groups is 1. The van der Waals surface area contributed by atoms with E-state index in [4.69, 9.17) is 4.52 Å². The molecule has 0 spiro atoms. The quantitative estimate of drug-likeness (QED) is 0.769. The number of nitrogens with zero attached hydrogens (tertiary/aromatic N) is 2. The number of hydrogen-bond acceptors (Lipinski definition) is 5. The highest BCUT2D eigenvalue weighted by molar-refractivity contribution is 5.91. The summed E-state index contributed by atoms with van der Waals surface area (Å²) in [6.07, 6.45) is 0.957. The third kappa shape index (κ3) is 5.18. The Kier molecular flexibility index (Phi) is 6.83. The van der Waals surface area contributed by atoms with Crippen molar-refractivity contribution in [3.05, 3.63) is 17.5 Å². The van der Waals surface area contributed by atoms with Gasteiger partial charge in [0.15, 0.2) is 0 Å². The van der Waals surface area contributed by atoms with E-state index in [0.29, 0.717) is 6.54 Å². The Morgan fingerprint density at radius 2 is 2.26 bits per heavy atom. The summed E-state index contributed by atoms with van der Waals surface area (Å²) < 4.78 is 4.89. The number of halogens is 1. The van der Waals surface area contributed by atoms with Crippen LogP contribution in [0.25, 0.3) is 0 Å². The van der Waals surface area contributed by atoms with Crippen molar-refractivity contribution in [2.24, 2.45) is 0 Å². The molecular weight excluding hydrogens is 268 g/mol.